The van der Waals surface area contributed by atoms with Crippen molar-refractivity contribution in [3.8, 4) is 0 Å². The van der Waals surface area contributed by atoms with Gasteiger partial charge in [-0.3, -0.25) is 31.0 Å². The van der Waals surface area contributed by atoms with Crippen LogP contribution in [0.25, 0.3) is 0 Å². The van der Waals surface area contributed by atoms with Crippen molar-refractivity contribution >= 4 is 11.6 Å². The van der Waals surface area contributed by atoms with Gasteiger partial charge in [-0.25, -0.2) is 0 Å². The van der Waals surface area contributed by atoms with Gasteiger partial charge in [0.05, 0.1) is 0 Å². The van der Waals surface area contributed by atoms with Crippen molar-refractivity contribution in [1.29, 1.82) is 0 Å². The molecule has 0 atom stereocenters. The van der Waals surface area contributed by atoms with Gasteiger partial charge in [0.1, 0.15) is 0 Å². The average Bonchev–Trinajstić information content (AvgIpc) is 2.46. The van der Waals surface area contributed by atoms with Crippen LogP contribution in [0.15, 0.2) is 71.5 Å². The Balaban J connectivity index is 0.000000403. The van der Waals surface area contributed by atoms with Crippen LogP contribution in [0.5, 0.6) is 0 Å². The van der Waals surface area contributed by atoms with Gasteiger partial charge in [-0.1, -0.05) is 23.7 Å². The van der Waals surface area contributed by atoms with Crippen molar-refractivity contribution in [2.45, 2.75) is 0 Å². The predicted molar refractivity (Wildman–Crippen MR) is 70.5 cm³/mol. The molecular weight excluding hydrogens is 356 g/mol. The topological polar surface area (TPSA) is 145 Å². The van der Waals surface area contributed by atoms with Gasteiger partial charge in [-0.2, -0.15) is 0 Å². The number of carbonyl (C=O) groups excluding carboxylic acids is 2. The van der Waals surface area contributed by atoms with Gasteiger partial charge in [-0.15, -0.1) is 0 Å². The maximum absolute atomic E-state index is 10.8. The Morgan fingerprint density at radius 1 is 0.783 bits per heavy atom. The van der Waals surface area contributed by atoms with E-state index in [1.165, 1.54) is 24.3 Å². The first kappa shape index (κ1) is 20.4. The Morgan fingerprint density at radius 2 is 1.13 bits per heavy atom. The van der Waals surface area contributed by atoms with Crippen molar-refractivity contribution < 1.29 is 47.3 Å². The molecule has 0 aromatic rings. The van der Waals surface area contributed by atoms with Crippen molar-refractivity contribution in [2.24, 2.45) is 0 Å². The van der Waals surface area contributed by atoms with E-state index in [0.29, 0.717) is 0 Å². The number of ketones is 2. The van der Waals surface area contributed by atoms with Gasteiger partial charge in [0, 0.05) is 12.4 Å². The first-order chi connectivity index (χ1) is 10.5. The maximum Gasteiger partial charge on any atom is 2.00 e. The summed E-state index contributed by atoms with van der Waals surface area (Å²) < 4.78 is 0. The Morgan fingerprint density at radius 3 is 1.39 bits per heavy atom. The molecule has 9 heteroatoms. The van der Waals surface area contributed by atoms with Crippen LogP contribution in [-0.4, -0.2) is 22.0 Å². The molecule has 0 aromatic heterocycles. The molecule has 0 bridgehead atoms. The molecule has 2 rings (SSSR count). The Labute approximate surface area is 141 Å². The fourth-order valence-corrected chi connectivity index (χ4v) is 1.41. The third kappa shape index (κ3) is 6.81. The molecule has 4 N–H and O–H groups in total. The molecule has 0 unspecified atom stereocenters. The van der Waals surface area contributed by atoms with Gasteiger partial charge >= 0.3 is 17.1 Å². The van der Waals surface area contributed by atoms with Gasteiger partial charge in [0.2, 0.25) is 0 Å². The number of hydroxylamine groups is 2. The van der Waals surface area contributed by atoms with E-state index in [1.807, 2.05) is 0 Å². The second-order valence-electron chi connectivity index (χ2n) is 3.95. The summed E-state index contributed by atoms with van der Waals surface area (Å²) in [6.45, 7) is 0. The van der Waals surface area contributed by atoms with Crippen LogP contribution in [0.2, 0.25) is 0 Å². The third-order valence-corrected chi connectivity index (χ3v) is 2.41. The summed E-state index contributed by atoms with van der Waals surface area (Å²) in [4.78, 5) is 21.1. The van der Waals surface area contributed by atoms with E-state index >= 15 is 0 Å². The molecule has 23 heavy (non-hydrogen) atoms. The number of hydrogen-bond donors (Lipinski definition) is 4. The molecule has 0 fully saturated rings. The molecule has 0 amide bonds. The largest absolute Gasteiger partial charge is 2.00 e. The van der Waals surface area contributed by atoms with E-state index in [0.717, 1.165) is 24.6 Å². The van der Waals surface area contributed by atoms with E-state index in [4.69, 9.17) is 10.4 Å². The van der Waals surface area contributed by atoms with Crippen LogP contribution in [0, 0.1) is 0 Å². The quantitative estimate of drug-likeness (QED) is 0.339. The van der Waals surface area contributed by atoms with Crippen molar-refractivity contribution in [2.75, 3.05) is 0 Å². The normalized spacial score (nSPS) is 19.4. The molecular formula is C14H12CuN2O6. The van der Waals surface area contributed by atoms with Crippen LogP contribution in [-0.2, 0) is 26.7 Å². The van der Waals surface area contributed by atoms with Crippen LogP contribution >= 0.6 is 0 Å². The van der Waals surface area contributed by atoms with Crippen LogP contribution in [0.4, 0.5) is 0 Å². The molecule has 0 spiro atoms. The Bertz CT molecular complexity index is 588. The van der Waals surface area contributed by atoms with Gasteiger partial charge < -0.3 is 10.2 Å². The molecule has 0 aromatic carbocycles. The fourth-order valence-electron chi connectivity index (χ4n) is 1.41. The Kier molecular flexibility index (Phi) is 9.05. The zero-order valence-corrected chi connectivity index (χ0v) is 12.4. The molecule has 0 heterocycles. The van der Waals surface area contributed by atoms with E-state index in [1.54, 1.807) is 11.0 Å². The number of hydrogen-bond acceptors (Lipinski definition) is 8. The van der Waals surface area contributed by atoms with Crippen molar-refractivity contribution in [3.05, 3.63) is 71.5 Å². The molecule has 0 saturated carbocycles. The molecule has 8 nitrogen and oxygen atoms in total. The van der Waals surface area contributed by atoms with Gasteiger partial charge in [0.25, 0.3) is 0 Å². The second kappa shape index (κ2) is 10.2. The third-order valence-electron chi connectivity index (χ3n) is 2.41. The number of rotatable bonds is 2. The molecule has 125 valence electrons. The molecule has 0 aliphatic heterocycles. The average molecular weight is 368 g/mol. The van der Waals surface area contributed by atoms with E-state index in [2.05, 4.69) is 0 Å². The summed E-state index contributed by atoms with van der Waals surface area (Å²) in [5.41, 5.74) is 3.95. The van der Waals surface area contributed by atoms with Crippen LogP contribution < -0.4 is 21.2 Å². The Hall–Kier alpha value is -2.58. The van der Waals surface area contributed by atoms with Gasteiger partial charge in [0.15, 0.2) is 11.6 Å². The minimum atomic E-state index is -0.404. The number of nitrogens with one attached hydrogen (secondary N) is 2. The van der Waals surface area contributed by atoms with E-state index in [9.17, 15) is 19.8 Å². The smallest absolute Gasteiger partial charge is 0.872 e. The zero-order chi connectivity index (χ0) is 16.5. The zero-order valence-electron chi connectivity index (χ0n) is 11.4. The summed E-state index contributed by atoms with van der Waals surface area (Å²) in [6, 6.07) is 0. The minimum Gasteiger partial charge on any atom is -0.872 e. The monoisotopic (exact) mass is 367 g/mol. The van der Waals surface area contributed by atoms with Crippen molar-refractivity contribution in [1.82, 2.24) is 11.0 Å². The van der Waals surface area contributed by atoms with E-state index in [-0.39, 0.29) is 39.8 Å². The summed E-state index contributed by atoms with van der Waals surface area (Å²) >= 11 is 0. The summed E-state index contributed by atoms with van der Waals surface area (Å²) in [5.74, 6) is -1.46. The molecule has 0 saturated heterocycles. The molecule has 2 aliphatic carbocycles. The summed E-state index contributed by atoms with van der Waals surface area (Å²) in [5, 5.41) is 38.1. The summed E-state index contributed by atoms with van der Waals surface area (Å²) in [7, 11) is 0. The van der Waals surface area contributed by atoms with Gasteiger partial charge in [-0.05, 0) is 35.5 Å². The first-order valence-electron chi connectivity index (χ1n) is 5.89. The van der Waals surface area contributed by atoms with Crippen LogP contribution in [0.1, 0.15) is 0 Å². The second-order valence-corrected chi connectivity index (χ2v) is 3.95. The van der Waals surface area contributed by atoms with Crippen molar-refractivity contribution in [3.63, 3.8) is 0 Å². The SMILES string of the molecule is O=C1C=C/C(=C/NO)C([O-])=C1.O=C1C=C/C(=C/NO)C([O-])=C1.[Cu+2]. The first-order valence-corrected chi connectivity index (χ1v) is 5.89. The van der Waals surface area contributed by atoms with E-state index < -0.39 is 11.5 Å². The molecule has 2 aliphatic rings. The predicted octanol–water partition coefficient (Wildman–Crippen LogP) is -1.54. The summed E-state index contributed by atoms with van der Waals surface area (Å²) in [6.07, 6.45) is 9.34. The standard InChI is InChI=1S/2C7H7NO3.Cu/c2*9-6-2-1-5(4-8-11)7(10)3-6;/h2*1-4,8,10-11H;/q;;+2/p-2/b2*5-4-;. The maximum atomic E-state index is 10.8. The number of allylic oxidation sites excluding steroid dienone is 6. The molecule has 1 radical (unpaired) electrons. The minimum absolute atomic E-state index is 0. The number of carbonyl (C=O) groups is 2. The van der Waals surface area contributed by atoms with Crippen LogP contribution in [0.3, 0.4) is 0 Å². The fraction of sp³-hybridized carbons (Fsp3) is 0.